The SMILES string of the molecule is CC[C@H](CO)NC(=O)Cc1ccc(NC(=O)[C@H]2C[C@@H]2C)cc1. The van der Waals surface area contributed by atoms with E-state index in [1.54, 1.807) is 0 Å². The van der Waals surface area contributed by atoms with Gasteiger partial charge in [0.1, 0.15) is 0 Å². The number of anilines is 1. The molecule has 3 N–H and O–H groups in total. The second-order valence-electron chi connectivity index (χ2n) is 6.04. The van der Waals surface area contributed by atoms with Gasteiger partial charge in [0.25, 0.3) is 0 Å². The average Bonchev–Trinajstić information content (AvgIpc) is 3.24. The first-order chi connectivity index (χ1) is 10.5. The molecule has 0 bridgehead atoms. The number of carbonyl (C=O) groups excluding carboxylic acids is 2. The van der Waals surface area contributed by atoms with Crippen molar-refractivity contribution in [2.45, 2.75) is 39.2 Å². The summed E-state index contributed by atoms with van der Waals surface area (Å²) >= 11 is 0. The molecule has 1 aliphatic carbocycles. The number of carbonyl (C=O) groups is 2. The number of hydrogen-bond acceptors (Lipinski definition) is 3. The normalized spacial score (nSPS) is 21.0. The molecule has 0 aromatic heterocycles. The molecule has 1 fully saturated rings. The molecule has 0 aliphatic heterocycles. The van der Waals surface area contributed by atoms with Gasteiger partial charge in [0.15, 0.2) is 0 Å². The summed E-state index contributed by atoms with van der Waals surface area (Å²) in [5.41, 5.74) is 1.64. The third-order valence-corrected chi connectivity index (χ3v) is 4.11. The van der Waals surface area contributed by atoms with Crippen LogP contribution in [0, 0.1) is 11.8 Å². The number of hydrogen-bond donors (Lipinski definition) is 3. The van der Waals surface area contributed by atoms with Gasteiger partial charge in [-0.05, 0) is 36.5 Å². The minimum absolute atomic E-state index is 0.0488. The number of rotatable bonds is 7. The predicted octanol–water partition coefficient (Wildman–Crippen LogP) is 1.71. The van der Waals surface area contributed by atoms with Crippen LogP contribution in [0.3, 0.4) is 0 Å². The van der Waals surface area contributed by atoms with E-state index in [-0.39, 0.29) is 36.8 Å². The van der Waals surface area contributed by atoms with Crippen LogP contribution in [0.5, 0.6) is 0 Å². The number of aliphatic hydroxyl groups excluding tert-OH is 1. The van der Waals surface area contributed by atoms with Crippen molar-refractivity contribution < 1.29 is 14.7 Å². The molecule has 1 saturated carbocycles. The highest BCUT2D eigenvalue weighted by Crippen LogP contribution is 2.38. The van der Waals surface area contributed by atoms with Crippen molar-refractivity contribution in [3.05, 3.63) is 29.8 Å². The highest BCUT2D eigenvalue weighted by molar-refractivity contribution is 5.94. The van der Waals surface area contributed by atoms with Crippen molar-refractivity contribution in [2.24, 2.45) is 11.8 Å². The number of aliphatic hydroxyl groups is 1. The van der Waals surface area contributed by atoms with Crippen LogP contribution < -0.4 is 10.6 Å². The van der Waals surface area contributed by atoms with Crippen LogP contribution in [-0.4, -0.2) is 29.6 Å². The van der Waals surface area contributed by atoms with Gasteiger partial charge in [-0.25, -0.2) is 0 Å². The van der Waals surface area contributed by atoms with Crippen molar-refractivity contribution in [1.29, 1.82) is 0 Å². The third-order valence-electron chi connectivity index (χ3n) is 4.11. The summed E-state index contributed by atoms with van der Waals surface area (Å²) in [6.45, 7) is 3.94. The molecule has 0 saturated heterocycles. The summed E-state index contributed by atoms with van der Waals surface area (Å²) in [5.74, 6) is 0.604. The lowest BCUT2D eigenvalue weighted by atomic mass is 10.1. The molecule has 1 aromatic carbocycles. The molecule has 5 nitrogen and oxygen atoms in total. The molecule has 1 aliphatic rings. The fraction of sp³-hybridized carbons (Fsp3) is 0.529. The lowest BCUT2D eigenvalue weighted by Gasteiger charge is -2.14. The largest absolute Gasteiger partial charge is 0.394 e. The maximum atomic E-state index is 11.8. The zero-order chi connectivity index (χ0) is 16.1. The summed E-state index contributed by atoms with van der Waals surface area (Å²) in [6, 6.07) is 7.12. The van der Waals surface area contributed by atoms with E-state index >= 15 is 0 Å². The van der Waals surface area contributed by atoms with Crippen LogP contribution in [0.15, 0.2) is 24.3 Å². The number of amides is 2. The van der Waals surface area contributed by atoms with Gasteiger partial charge < -0.3 is 15.7 Å². The third kappa shape index (κ3) is 4.56. The minimum atomic E-state index is -0.188. The number of benzene rings is 1. The Balaban J connectivity index is 1.83. The predicted molar refractivity (Wildman–Crippen MR) is 85.4 cm³/mol. The van der Waals surface area contributed by atoms with E-state index in [0.29, 0.717) is 12.3 Å². The fourth-order valence-corrected chi connectivity index (χ4v) is 2.37. The van der Waals surface area contributed by atoms with Crippen LogP contribution in [-0.2, 0) is 16.0 Å². The second kappa shape index (κ2) is 7.40. The van der Waals surface area contributed by atoms with Crippen molar-refractivity contribution in [1.82, 2.24) is 5.32 Å². The summed E-state index contributed by atoms with van der Waals surface area (Å²) in [6.07, 6.45) is 1.94. The van der Waals surface area contributed by atoms with E-state index < -0.39 is 0 Å². The van der Waals surface area contributed by atoms with Gasteiger partial charge in [0.05, 0.1) is 19.1 Å². The molecule has 0 spiro atoms. The Labute approximate surface area is 131 Å². The molecule has 3 atom stereocenters. The Morgan fingerprint density at radius 3 is 2.45 bits per heavy atom. The van der Waals surface area contributed by atoms with Crippen molar-refractivity contribution in [3.8, 4) is 0 Å². The van der Waals surface area contributed by atoms with Gasteiger partial charge >= 0.3 is 0 Å². The Kier molecular flexibility index (Phi) is 5.55. The maximum Gasteiger partial charge on any atom is 0.227 e. The molecule has 2 amide bonds. The van der Waals surface area contributed by atoms with Crippen LogP contribution in [0.2, 0.25) is 0 Å². The van der Waals surface area contributed by atoms with E-state index in [1.165, 1.54) is 0 Å². The first kappa shape index (κ1) is 16.5. The van der Waals surface area contributed by atoms with Crippen molar-refractivity contribution in [3.63, 3.8) is 0 Å². The monoisotopic (exact) mass is 304 g/mol. The van der Waals surface area contributed by atoms with E-state index in [0.717, 1.165) is 17.7 Å². The standard InChI is InChI=1S/C17H24N2O3/c1-3-13(10-20)18-16(21)9-12-4-6-14(7-5-12)19-17(22)15-8-11(15)2/h4-7,11,13,15,20H,3,8-10H2,1-2H3,(H,18,21)(H,19,22)/t11-,13+,15-/m0/s1. The Bertz CT molecular complexity index is 523. The van der Waals surface area contributed by atoms with Gasteiger partial charge in [-0.1, -0.05) is 26.0 Å². The van der Waals surface area contributed by atoms with Gasteiger partial charge in [0, 0.05) is 11.6 Å². The molecule has 2 rings (SSSR count). The van der Waals surface area contributed by atoms with Crippen LogP contribution in [0.25, 0.3) is 0 Å². The zero-order valence-electron chi connectivity index (χ0n) is 13.1. The Hall–Kier alpha value is -1.88. The molecule has 0 unspecified atom stereocenters. The highest BCUT2D eigenvalue weighted by atomic mass is 16.3. The first-order valence-corrected chi connectivity index (χ1v) is 7.83. The summed E-state index contributed by atoms with van der Waals surface area (Å²) < 4.78 is 0. The first-order valence-electron chi connectivity index (χ1n) is 7.83. The van der Waals surface area contributed by atoms with E-state index in [1.807, 2.05) is 31.2 Å². The molecule has 22 heavy (non-hydrogen) atoms. The topological polar surface area (TPSA) is 78.4 Å². The lowest BCUT2D eigenvalue weighted by molar-refractivity contribution is -0.121. The van der Waals surface area contributed by atoms with Gasteiger partial charge in [-0.15, -0.1) is 0 Å². The van der Waals surface area contributed by atoms with Gasteiger partial charge in [0.2, 0.25) is 11.8 Å². The van der Waals surface area contributed by atoms with Gasteiger partial charge in [-0.3, -0.25) is 9.59 Å². The molecular weight excluding hydrogens is 280 g/mol. The molecule has 0 radical (unpaired) electrons. The number of nitrogens with one attached hydrogen (secondary N) is 2. The summed E-state index contributed by atoms with van der Waals surface area (Å²) in [5, 5.41) is 14.7. The Morgan fingerprint density at radius 1 is 1.32 bits per heavy atom. The Morgan fingerprint density at radius 2 is 1.95 bits per heavy atom. The summed E-state index contributed by atoms with van der Waals surface area (Å²) in [4.78, 5) is 23.7. The molecule has 120 valence electrons. The van der Waals surface area contributed by atoms with Crippen molar-refractivity contribution in [2.75, 3.05) is 11.9 Å². The quantitative estimate of drug-likeness (QED) is 0.717. The summed E-state index contributed by atoms with van der Waals surface area (Å²) in [7, 11) is 0. The molecule has 5 heteroatoms. The van der Waals surface area contributed by atoms with Crippen LogP contribution in [0.4, 0.5) is 5.69 Å². The smallest absolute Gasteiger partial charge is 0.227 e. The van der Waals surface area contributed by atoms with E-state index in [9.17, 15) is 9.59 Å². The van der Waals surface area contributed by atoms with Crippen LogP contribution >= 0.6 is 0 Å². The van der Waals surface area contributed by atoms with Crippen molar-refractivity contribution >= 4 is 17.5 Å². The van der Waals surface area contributed by atoms with Crippen LogP contribution in [0.1, 0.15) is 32.3 Å². The highest BCUT2D eigenvalue weighted by Gasteiger charge is 2.38. The fourth-order valence-electron chi connectivity index (χ4n) is 2.37. The zero-order valence-corrected chi connectivity index (χ0v) is 13.1. The molecular formula is C17H24N2O3. The van der Waals surface area contributed by atoms with E-state index in [2.05, 4.69) is 17.6 Å². The minimum Gasteiger partial charge on any atom is -0.394 e. The molecule has 0 heterocycles. The van der Waals surface area contributed by atoms with Gasteiger partial charge in [-0.2, -0.15) is 0 Å². The molecule has 1 aromatic rings. The maximum absolute atomic E-state index is 11.8. The average molecular weight is 304 g/mol. The lowest BCUT2D eigenvalue weighted by Crippen LogP contribution is -2.37. The van der Waals surface area contributed by atoms with E-state index in [4.69, 9.17) is 5.11 Å². The second-order valence-corrected chi connectivity index (χ2v) is 6.04.